The minimum absolute atomic E-state index is 0.0523. The molecule has 1 N–H and O–H groups in total. The monoisotopic (exact) mass is 312 g/mol. The Morgan fingerprint density at radius 1 is 1.30 bits per heavy atom. The predicted molar refractivity (Wildman–Crippen MR) is 86.0 cm³/mol. The van der Waals surface area contributed by atoms with Crippen molar-refractivity contribution in [1.82, 2.24) is 9.55 Å². The fraction of sp³-hybridized carbons (Fsp3) is 0.222. The molecule has 0 saturated heterocycles. The van der Waals surface area contributed by atoms with Gasteiger partial charge in [0.05, 0.1) is 6.42 Å². The largest absolute Gasteiger partial charge is 0.481 e. The molecule has 0 atom stereocenters. The van der Waals surface area contributed by atoms with Crippen molar-refractivity contribution in [2.45, 2.75) is 26.8 Å². The first kappa shape index (κ1) is 15.2. The first-order valence-corrected chi connectivity index (χ1v) is 7.37. The Labute approximate surface area is 133 Å². The summed E-state index contributed by atoms with van der Waals surface area (Å²) in [7, 11) is 0. The van der Waals surface area contributed by atoms with Gasteiger partial charge in [0.1, 0.15) is 11.5 Å². The summed E-state index contributed by atoms with van der Waals surface area (Å²) in [5.74, 6) is -1.12. The van der Waals surface area contributed by atoms with Crippen LogP contribution in [0.15, 0.2) is 36.5 Å². The average Bonchev–Trinajstić information content (AvgIpc) is 2.76. The molecule has 118 valence electrons. The lowest BCUT2D eigenvalue weighted by molar-refractivity contribution is -0.136. The minimum atomic E-state index is -0.877. The molecule has 2 aromatic heterocycles. The second kappa shape index (κ2) is 5.83. The van der Waals surface area contributed by atoms with E-state index in [9.17, 15) is 9.18 Å². The average molecular weight is 312 g/mol. The maximum atomic E-state index is 13.8. The van der Waals surface area contributed by atoms with E-state index in [0.29, 0.717) is 12.1 Å². The van der Waals surface area contributed by atoms with Crippen LogP contribution in [0.25, 0.3) is 11.0 Å². The van der Waals surface area contributed by atoms with Crippen LogP contribution in [-0.2, 0) is 17.8 Å². The van der Waals surface area contributed by atoms with Crippen LogP contribution < -0.4 is 0 Å². The van der Waals surface area contributed by atoms with Gasteiger partial charge in [-0.3, -0.25) is 4.79 Å². The molecule has 3 rings (SSSR count). The molecule has 2 heterocycles. The van der Waals surface area contributed by atoms with Crippen LogP contribution in [0, 0.1) is 19.7 Å². The van der Waals surface area contributed by atoms with E-state index >= 15 is 0 Å². The Kier molecular flexibility index (Phi) is 3.86. The molecule has 0 unspecified atom stereocenters. The van der Waals surface area contributed by atoms with Gasteiger partial charge in [0.15, 0.2) is 0 Å². The van der Waals surface area contributed by atoms with Gasteiger partial charge in [-0.1, -0.05) is 12.1 Å². The number of nitrogens with zero attached hydrogens (tertiary/aromatic N) is 2. The topological polar surface area (TPSA) is 55.1 Å². The van der Waals surface area contributed by atoms with Gasteiger partial charge in [0, 0.05) is 23.8 Å². The van der Waals surface area contributed by atoms with Crippen molar-refractivity contribution < 1.29 is 14.3 Å². The number of halogens is 1. The molecule has 4 nitrogen and oxygen atoms in total. The van der Waals surface area contributed by atoms with Crippen molar-refractivity contribution in [1.29, 1.82) is 0 Å². The molecule has 23 heavy (non-hydrogen) atoms. The standard InChI is InChI=1S/C18H17FN2O2/c1-11-5-6-13(8-16(11)19)10-21-12(2)15(9-17(22)23)14-4-3-7-20-18(14)21/h3-8H,9-10H2,1-2H3,(H,22,23). The molecule has 0 aliphatic carbocycles. The Balaban J connectivity index is 2.11. The molecule has 5 heteroatoms. The zero-order chi connectivity index (χ0) is 16.6. The van der Waals surface area contributed by atoms with Gasteiger partial charge in [0.25, 0.3) is 0 Å². The van der Waals surface area contributed by atoms with Gasteiger partial charge in [-0.15, -0.1) is 0 Å². The maximum absolute atomic E-state index is 13.8. The summed E-state index contributed by atoms with van der Waals surface area (Å²) in [5, 5.41) is 9.97. The molecule has 0 radical (unpaired) electrons. The van der Waals surface area contributed by atoms with Gasteiger partial charge in [-0.25, -0.2) is 9.37 Å². The highest BCUT2D eigenvalue weighted by atomic mass is 19.1. The molecule has 1 aromatic carbocycles. The molecule has 0 fully saturated rings. The van der Waals surface area contributed by atoms with E-state index in [1.165, 1.54) is 6.07 Å². The lowest BCUT2D eigenvalue weighted by Crippen LogP contribution is -2.05. The molecule has 0 aliphatic rings. The van der Waals surface area contributed by atoms with E-state index in [2.05, 4.69) is 4.98 Å². The van der Waals surface area contributed by atoms with E-state index in [4.69, 9.17) is 5.11 Å². The van der Waals surface area contributed by atoms with Crippen molar-refractivity contribution in [2.24, 2.45) is 0 Å². The van der Waals surface area contributed by atoms with E-state index in [1.807, 2.05) is 23.6 Å². The van der Waals surface area contributed by atoms with Crippen LogP contribution in [0.5, 0.6) is 0 Å². The summed E-state index contributed by atoms with van der Waals surface area (Å²) in [5.41, 5.74) is 3.76. The second-order valence-corrected chi connectivity index (χ2v) is 5.68. The third-order valence-corrected chi connectivity index (χ3v) is 4.11. The summed E-state index contributed by atoms with van der Waals surface area (Å²) >= 11 is 0. The Morgan fingerprint density at radius 2 is 2.09 bits per heavy atom. The van der Waals surface area contributed by atoms with E-state index in [1.54, 1.807) is 25.3 Å². The van der Waals surface area contributed by atoms with Crippen LogP contribution in [0.1, 0.15) is 22.4 Å². The first-order chi connectivity index (χ1) is 11.0. The van der Waals surface area contributed by atoms with Gasteiger partial charge >= 0.3 is 5.97 Å². The van der Waals surface area contributed by atoms with Crippen LogP contribution in [0.3, 0.4) is 0 Å². The number of hydrogen-bond donors (Lipinski definition) is 1. The highest BCUT2D eigenvalue weighted by Gasteiger charge is 2.17. The van der Waals surface area contributed by atoms with Gasteiger partial charge in [-0.05, 0) is 48.7 Å². The highest BCUT2D eigenvalue weighted by molar-refractivity contribution is 5.86. The quantitative estimate of drug-likeness (QED) is 0.802. The highest BCUT2D eigenvalue weighted by Crippen LogP contribution is 2.26. The summed E-state index contributed by atoms with van der Waals surface area (Å²) in [6.45, 7) is 4.06. The van der Waals surface area contributed by atoms with Crippen molar-refractivity contribution in [3.05, 3.63) is 64.7 Å². The molecule has 0 saturated carbocycles. The summed E-state index contributed by atoms with van der Waals surface area (Å²) < 4.78 is 15.7. The maximum Gasteiger partial charge on any atom is 0.307 e. The number of pyridine rings is 1. The lowest BCUT2D eigenvalue weighted by atomic mass is 10.1. The van der Waals surface area contributed by atoms with Gasteiger partial charge in [-0.2, -0.15) is 0 Å². The van der Waals surface area contributed by atoms with Crippen LogP contribution in [0.4, 0.5) is 4.39 Å². The number of carboxylic acids is 1. The molecular weight excluding hydrogens is 295 g/mol. The first-order valence-electron chi connectivity index (χ1n) is 7.37. The number of benzene rings is 1. The SMILES string of the molecule is Cc1ccc(Cn2c(C)c(CC(=O)O)c3cccnc32)cc1F. The number of fused-ring (bicyclic) bond motifs is 1. The molecule has 0 spiro atoms. The summed E-state index contributed by atoms with van der Waals surface area (Å²) in [6.07, 6.45) is 1.63. The van der Waals surface area contributed by atoms with Gasteiger partial charge in [0.2, 0.25) is 0 Å². The number of aromatic nitrogens is 2. The predicted octanol–water partition coefficient (Wildman–Crippen LogP) is 3.47. The number of rotatable bonds is 4. The molecule has 0 bridgehead atoms. The van der Waals surface area contributed by atoms with Crippen molar-refractivity contribution in [3.63, 3.8) is 0 Å². The number of aliphatic carboxylic acids is 1. The van der Waals surface area contributed by atoms with Crippen molar-refractivity contribution >= 4 is 17.0 Å². The minimum Gasteiger partial charge on any atom is -0.481 e. The van der Waals surface area contributed by atoms with E-state index < -0.39 is 5.97 Å². The number of aryl methyl sites for hydroxylation is 1. The number of carbonyl (C=O) groups is 1. The molecule has 3 aromatic rings. The number of carboxylic acid groups (broad SMARTS) is 1. The Hall–Kier alpha value is -2.69. The number of hydrogen-bond acceptors (Lipinski definition) is 2. The normalized spacial score (nSPS) is 11.1. The van der Waals surface area contributed by atoms with Crippen molar-refractivity contribution in [3.8, 4) is 0 Å². The summed E-state index contributed by atoms with van der Waals surface area (Å²) in [6, 6.07) is 8.81. The van der Waals surface area contributed by atoms with Crippen LogP contribution in [-0.4, -0.2) is 20.6 Å². The Morgan fingerprint density at radius 3 is 2.78 bits per heavy atom. The zero-order valence-electron chi connectivity index (χ0n) is 13.0. The van der Waals surface area contributed by atoms with Crippen LogP contribution >= 0.6 is 0 Å². The third kappa shape index (κ3) is 2.82. The molecular formula is C18H17FN2O2. The zero-order valence-corrected chi connectivity index (χ0v) is 13.0. The van der Waals surface area contributed by atoms with E-state index in [0.717, 1.165) is 27.9 Å². The van der Waals surface area contributed by atoms with Crippen LogP contribution in [0.2, 0.25) is 0 Å². The summed E-state index contributed by atoms with van der Waals surface area (Å²) in [4.78, 5) is 15.5. The molecule has 0 aliphatic heterocycles. The lowest BCUT2D eigenvalue weighted by Gasteiger charge is -2.09. The van der Waals surface area contributed by atoms with Gasteiger partial charge < -0.3 is 9.67 Å². The Bertz CT molecular complexity index is 899. The fourth-order valence-corrected chi connectivity index (χ4v) is 2.85. The third-order valence-electron chi connectivity index (χ3n) is 4.11. The fourth-order valence-electron chi connectivity index (χ4n) is 2.85. The molecule has 0 amide bonds. The smallest absolute Gasteiger partial charge is 0.307 e. The van der Waals surface area contributed by atoms with E-state index in [-0.39, 0.29) is 12.2 Å². The second-order valence-electron chi connectivity index (χ2n) is 5.68. The van der Waals surface area contributed by atoms with Crippen molar-refractivity contribution in [2.75, 3.05) is 0 Å².